The molecule has 0 aromatic heterocycles. The van der Waals surface area contributed by atoms with Gasteiger partial charge in [0.2, 0.25) is 11.7 Å². The third-order valence-corrected chi connectivity index (χ3v) is 3.00. The summed E-state index contributed by atoms with van der Waals surface area (Å²) in [7, 11) is 0. The van der Waals surface area contributed by atoms with Gasteiger partial charge < -0.3 is 5.32 Å². The highest BCUT2D eigenvalue weighted by molar-refractivity contribution is 5.97. The highest BCUT2D eigenvalue weighted by Crippen LogP contribution is 2.46. The molecule has 1 aromatic rings. The lowest BCUT2D eigenvalue weighted by atomic mass is 10.1. The third kappa shape index (κ3) is 1.83. The summed E-state index contributed by atoms with van der Waals surface area (Å²) in [4.78, 5) is 11.5. The van der Waals surface area contributed by atoms with E-state index in [-0.39, 0.29) is 0 Å². The Bertz CT molecular complexity index is 510. The lowest BCUT2D eigenvalue weighted by Gasteiger charge is -2.12. The number of amides is 1. The summed E-state index contributed by atoms with van der Waals surface area (Å²) < 4.78 is 64.9. The van der Waals surface area contributed by atoms with Crippen LogP contribution in [0.3, 0.4) is 0 Å². The first-order valence-electron chi connectivity index (χ1n) is 5.11. The van der Waals surface area contributed by atoms with Gasteiger partial charge in [-0.3, -0.25) is 4.79 Å². The van der Waals surface area contributed by atoms with Crippen LogP contribution in [-0.4, -0.2) is 5.91 Å². The van der Waals surface area contributed by atoms with Crippen LogP contribution < -0.4 is 5.32 Å². The molecule has 18 heavy (non-hydrogen) atoms. The molecule has 1 saturated carbocycles. The zero-order chi connectivity index (χ0) is 13.7. The summed E-state index contributed by atoms with van der Waals surface area (Å²) in [5.74, 6) is -11.2. The van der Waals surface area contributed by atoms with Crippen molar-refractivity contribution in [1.82, 2.24) is 0 Å². The van der Waals surface area contributed by atoms with E-state index in [1.54, 1.807) is 5.32 Å². The van der Waals surface area contributed by atoms with Gasteiger partial charge in [-0.15, -0.1) is 0 Å². The van der Waals surface area contributed by atoms with Gasteiger partial charge in [-0.2, -0.15) is 0 Å². The van der Waals surface area contributed by atoms with Crippen LogP contribution >= 0.6 is 0 Å². The van der Waals surface area contributed by atoms with E-state index < -0.39 is 46.1 Å². The number of nitrogens with one attached hydrogen (secondary N) is 1. The standard InChI is InChI=1S/C11H8F5NO/c1-11(2-3-11)10(18)17-9-7(15)5(13)4(12)6(14)8(9)16/h2-3H2,1H3,(H,17,18). The van der Waals surface area contributed by atoms with Gasteiger partial charge in [-0.05, 0) is 12.8 Å². The minimum atomic E-state index is -2.25. The number of anilines is 1. The van der Waals surface area contributed by atoms with Gasteiger partial charge in [0.15, 0.2) is 23.3 Å². The average molecular weight is 265 g/mol. The van der Waals surface area contributed by atoms with E-state index in [2.05, 4.69) is 0 Å². The molecule has 1 N–H and O–H groups in total. The summed E-state index contributed by atoms with van der Waals surface area (Å²) in [6.07, 6.45) is 1.02. The quantitative estimate of drug-likeness (QED) is 0.497. The summed E-state index contributed by atoms with van der Waals surface area (Å²) in [5, 5.41) is 1.75. The topological polar surface area (TPSA) is 29.1 Å². The molecule has 0 heterocycles. The van der Waals surface area contributed by atoms with Crippen molar-refractivity contribution in [2.75, 3.05) is 5.32 Å². The number of hydrogen-bond acceptors (Lipinski definition) is 1. The second-order valence-corrected chi connectivity index (χ2v) is 4.46. The Balaban J connectivity index is 2.42. The van der Waals surface area contributed by atoms with Crippen molar-refractivity contribution in [1.29, 1.82) is 0 Å². The Morgan fingerprint density at radius 3 is 1.72 bits per heavy atom. The van der Waals surface area contributed by atoms with Crippen LogP contribution in [0.2, 0.25) is 0 Å². The van der Waals surface area contributed by atoms with E-state index in [9.17, 15) is 26.7 Å². The molecule has 1 fully saturated rings. The monoisotopic (exact) mass is 265 g/mol. The van der Waals surface area contributed by atoms with Crippen LogP contribution in [0.1, 0.15) is 19.8 Å². The largest absolute Gasteiger partial charge is 0.321 e. The van der Waals surface area contributed by atoms with Crippen LogP contribution in [0.25, 0.3) is 0 Å². The van der Waals surface area contributed by atoms with Crippen LogP contribution in [0.15, 0.2) is 0 Å². The zero-order valence-corrected chi connectivity index (χ0v) is 9.21. The summed E-state index contributed by atoms with van der Waals surface area (Å²) in [6, 6.07) is 0. The van der Waals surface area contributed by atoms with Crippen LogP contribution in [-0.2, 0) is 4.79 Å². The molecule has 1 amide bonds. The van der Waals surface area contributed by atoms with E-state index in [1.165, 1.54) is 6.92 Å². The predicted octanol–water partition coefficient (Wildman–Crippen LogP) is 3.12. The normalized spacial score (nSPS) is 16.6. The van der Waals surface area contributed by atoms with Gasteiger partial charge >= 0.3 is 0 Å². The van der Waals surface area contributed by atoms with Crippen LogP contribution in [0.4, 0.5) is 27.6 Å². The second kappa shape index (κ2) is 3.93. The maximum atomic E-state index is 13.2. The molecule has 2 rings (SSSR count). The molecule has 0 aliphatic heterocycles. The zero-order valence-electron chi connectivity index (χ0n) is 9.21. The van der Waals surface area contributed by atoms with E-state index in [0.717, 1.165) is 0 Å². The van der Waals surface area contributed by atoms with Crippen LogP contribution in [0.5, 0.6) is 0 Å². The SMILES string of the molecule is CC1(C(=O)Nc2c(F)c(F)c(F)c(F)c2F)CC1. The average Bonchev–Trinajstić information content (AvgIpc) is 3.09. The summed E-state index contributed by atoms with van der Waals surface area (Å²) >= 11 is 0. The fourth-order valence-electron chi connectivity index (χ4n) is 1.39. The minimum Gasteiger partial charge on any atom is -0.321 e. The molecule has 2 nitrogen and oxygen atoms in total. The van der Waals surface area contributed by atoms with E-state index in [0.29, 0.717) is 12.8 Å². The fourth-order valence-corrected chi connectivity index (χ4v) is 1.39. The van der Waals surface area contributed by atoms with Gasteiger partial charge in [-0.1, -0.05) is 6.92 Å². The molecule has 1 aromatic carbocycles. The molecule has 98 valence electrons. The smallest absolute Gasteiger partial charge is 0.230 e. The molecule has 1 aliphatic carbocycles. The lowest BCUT2D eigenvalue weighted by Crippen LogP contribution is -2.23. The van der Waals surface area contributed by atoms with Gasteiger partial charge in [0.05, 0.1) is 0 Å². The Labute approximate surface area is 98.8 Å². The van der Waals surface area contributed by atoms with Gasteiger partial charge in [0.25, 0.3) is 0 Å². The molecule has 0 saturated heterocycles. The number of benzene rings is 1. The first-order chi connectivity index (χ1) is 8.28. The number of carbonyl (C=O) groups excluding carboxylic acids is 1. The Kier molecular flexibility index (Phi) is 2.79. The number of hydrogen-bond donors (Lipinski definition) is 1. The third-order valence-electron chi connectivity index (χ3n) is 3.00. The molecular formula is C11H8F5NO. The summed E-state index contributed by atoms with van der Waals surface area (Å²) in [5.41, 5.74) is -2.09. The minimum absolute atomic E-state index is 0.508. The highest BCUT2D eigenvalue weighted by Gasteiger charge is 2.45. The van der Waals surface area contributed by atoms with Crippen molar-refractivity contribution in [2.24, 2.45) is 5.41 Å². The number of rotatable bonds is 2. The Morgan fingerprint density at radius 2 is 1.33 bits per heavy atom. The van der Waals surface area contributed by atoms with E-state index in [1.807, 2.05) is 0 Å². The molecule has 0 atom stereocenters. The molecule has 0 spiro atoms. The predicted molar refractivity (Wildman–Crippen MR) is 52.2 cm³/mol. The number of carbonyl (C=O) groups is 1. The maximum Gasteiger partial charge on any atom is 0.230 e. The number of halogens is 5. The van der Waals surface area contributed by atoms with Gasteiger partial charge in [-0.25, -0.2) is 22.0 Å². The lowest BCUT2D eigenvalue weighted by molar-refractivity contribution is -0.120. The van der Waals surface area contributed by atoms with E-state index in [4.69, 9.17) is 0 Å². The second-order valence-electron chi connectivity index (χ2n) is 4.46. The van der Waals surface area contributed by atoms with Gasteiger partial charge in [0.1, 0.15) is 5.69 Å². The van der Waals surface area contributed by atoms with Crippen molar-refractivity contribution in [3.8, 4) is 0 Å². The van der Waals surface area contributed by atoms with Crippen molar-refractivity contribution in [3.63, 3.8) is 0 Å². The molecule has 1 aliphatic rings. The maximum absolute atomic E-state index is 13.2. The van der Waals surface area contributed by atoms with Crippen molar-refractivity contribution < 1.29 is 26.7 Å². The molecule has 0 radical (unpaired) electrons. The van der Waals surface area contributed by atoms with Crippen molar-refractivity contribution >= 4 is 11.6 Å². The first kappa shape index (κ1) is 12.8. The summed E-state index contributed by atoms with van der Waals surface area (Å²) in [6.45, 7) is 1.54. The molecular weight excluding hydrogens is 257 g/mol. The van der Waals surface area contributed by atoms with Crippen LogP contribution in [0, 0.1) is 34.5 Å². The highest BCUT2D eigenvalue weighted by atomic mass is 19.2. The molecule has 7 heteroatoms. The van der Waals surface area contributed by atoms with Crippen molar-refractivity contribution in [2.45, 2.75) is 19.8 Å². The van der Waals surface area contributed by atoms with Crippen molar-refractivity contribution in [3.05, 3.63) is 29.1 Å². The fraction of sp³-hybridized carbons (Fsp3) is 0.364. The van der Waals surface area contributed by atoms with E-state index >= 15 is 0 Å². The van der Waals surface area contributed by atoms with Gasteiger partial charge in [0, 0.05) is 5.41 Å². The Morgan fingerprint density at radius 1 is 0.944 bits per heavy atom. The molecule has 0 unspecified atom stereocenters. The molecule has 0 bridgehead atoms. The Hall–Kier alpha value is -1.66. The first-order valence-corrected chi connectivity index (χ1v) is 5.11.